The Balaban J connectivity index is 2.00. The molecular formula is C17H13ClFNO. The van der Waals surface area contributed by atoms with Gasteiger partial charge in [-0.3, -0.25) is 4.57 Å². The predicted octanol–water partition coefficient (Wildman–Crippen LogP) is 5.37. The number of halogens is 2. The highest BCUT2D eigenvalue weighted by Crippen LogP contribution is 2.30. The summed E-state index contributed by atoms with van der Waals surface area (Å²) in [6, 6.07) is 15.6. The molecule has 0 N–H and O–H groups in total. The van der Waals surface area contributed by atoms with Crippen LogP contribution >= 0.6 is 11.6 Å². The lowest BCUT2D eigenvalue weighted by Gasteiger charge is -2.13. The molecule has 0 amide bonds. The molecule has 0 saturated heterocycles. The lowest BCUT2D eigenvalue weighted by Crippen LogP contribution is -1.98. The van der Waals surface area contributed by atoms with E-state index in [0.29, 0.717) is 16.7 Å². The van der Waals surface area contributed by atoms with Crippen LogP contribution in [-0.4, -0.2) is 4.57 Å². The van der Waals surface area contributed by atoms with Gasteiger partial charge >= 0.3 is 0 Å². The Morgan fingerprint density at radius 3 is 2.67 bits per heavy atom. The summed E-state index contributed by atoms with van der Waals surface area (Å²) < 4.78 is 21.0. The summed E-state index contributed by atoms with van der Waals surface area (Å²) in [4.78, 5) is 0. The highest BCUT2D eigenvalue weighted by atomic mass is 35.5. The van der Waals surface area contributed by atoms with Crippen LogP contribution in [0.2, 0.25) is 5.02 Å². The SMILES string of the molecule is Cc1ccc(F)cc1Oc1cccn1-c1ccccc1Cl. The molecule has 0 saturated carbocycles. The van der Waals surface area contributed by atoms with E-state index in [9.17, 15) is 4.39 Å². The summed E-state index contributed by atoms with van der Waals surface area (Å²) in [5.74, 6) is 0.741. The molecule has 0 aliphatic rings. The number of ether oxygens (including phenoxy) is 1. The van der Waals surface area contributed by atoms with E-state index in [1.165, 1.54) is 12.1 Å². The zero-order valence-electron chi connectivity index (χ0n) is 11.4. The van der Waals surface area contributed by atoms with Gasteiger partial charge in [-0.15, -0.1) is 0 Å². The van der Waals surface area contributed by atoms with Crippen LogP contribution in [-0.2, 0) is 0 Å². The first kappa shape index (κ1) is 13.7. The minimum Gasteiger partial charge on any atom is -0.440 e. The molecule has 4 heteroatoms. The quantitative estimate of drug-likeness (QED) is 0.634. The Bertz CT molecular complexity index is 782. The molecule has 3 rings (SSSR count). The Morgan fingerprint density at radius 1 is 1.05 bits per heavy atom. The third-order valence-corrected chi connectivity index (χ3v) is 3.51. The van der Waals surface area contributed by atoms with Gasteiger partial charge in [-0.05, 0) is 36.8 Å². The van der Waals surface area contributed by atoms with Gasteiger partial charge in [0.1, 0.15) is 11.6 Å². The number of hydrogen-bond acceptors (Lipinski definition) is 1. The summed E-state index contributed by atoms with van der Waals surface area (Å²) in [6.07, 6.45) is 1.85. The molecule has 0 aliphatic carbocycles. The van der Waals surface area contributed by atoms with E-state index in [1.807, 2.05) is 54.1 Å². The summed E-state index contributed by atoms with van der Waals surface area (Å²) in [6.45, 7) is 1.87. The first-order valence-corrected chi connectivity index (χ1v) is 6.89. The van der Waals surface area contributed by atoms with E-state index in [-0.39, 0.29) is 5.82 Å². The van der Waals surface area contributed by atoms with Gasteiger partial charge in [0.05, 0.1) is 10.7 Å². The fourth-order valence-corrected chi connectivity index (χ4v) is 2.32. The largest absolute Gasteiger partial charge is 0.440 e. The van der Waals surface area contributed by atoms with Crippen molar-refractivity contribution in [3.63, 3.8) is 0 Å². The minimum atomic E-state index is -0.327. The van der Waals surface area contributed by atoms with Crippen LogP contribution in [0.3, 0.4) is 0 Å². The molecule has 0 unspecified atom stereocenters. The first-order valence-electron chi connectivity index (χ1n) is 6.51. The highest BCUT2D eigenvalue weighted by molar-refractivity contribution is 6.32. The Morgan fingerprint density at radius 2 is 1.86 bits per heavy atom. The molecule has 0 spiro atoms. The van der Waals surface area contributed by atoms with E-state index in [0.717, 1.165) is 11.3 Å². The van der Waals surface area contributed by atoms with Gasteiger partial charge in [0, 0.05) is 18.3 Å². The number of aryl methyl sites for hydroxylation is 1. The maximum atomic E-state index is 13.4. The zero-order valence-corrected chi connectivity index (χ0v) is 12.1. The van der Waals surface area contributed by atoms with Gasteiger partial charge in [-0.25, -0.2) is 4.39 Å². The monoisotopic (exact) mass is 301 g/mol. The molecule has 21 heavy (non-hydrogen) atoms. The third kappa shape index (κ3) is 2.78. The van der Waals surface area contributed by atoms with E-state index in [1.54, 1.807) is 6.07 Å². The van der Waals surface area contributed by atoms with Gasteiger partial charge < -0.3 is 4.74 Å². The van der Waals surface area contributed by atoms with E-state index in [4.69, 9.17) is 16.3 Å². The van der Waals surface area contributed by atoms with Crippen molar-refractivity contribution >= 4 is 11.6 Å². The Kier molecular flexibility index (Phi) is 3.67. The van der Waals surface area contributed by atoms with Crippen LogP contribution in [0.4, 0.5) is 4.39 Å². The third-order valence-electron chi connectivity index (χ3n) is 3.19. The second kappa shape index (κ2) is 5.62. The lowest BCUT2D eigenvalue weighted by atomic mass is 10.2. The van der Waals surface area contributed by atoms with E-state index in [2.05, 4.69) is 0 Å². The maximum absolute atomic E-state index is 13.4. The van der Waals surface area contributed by atoms with Crippen molar-refractivity contribution in [1.82, 2.24) is 4.57 Å². The molecule has 1 aromatic heterocycles. The van der Waals surface area contributed by atoms with Gasteiger partial charge in [0.2, 0.25) is 5.88 Å². The topological polar surface area (TPSA) is 14.2 Å². The van der Waals surface area contributed by atoms with Crippen molar-refractivity contribution in [3.8, 4) is 17.3 Å². The van der Waals surface area contributed by atoms with Crippen molar-refractivity contribution in [2.75, 3.05) is 0 Å². The number of hydrogen-bond donors (Lipinski definition) is 0. The first-order chi connectivity index (χ1) is 10.1. The second-order valence-electron chi connectivity index (χ2n) is 4.68. The molecule has 2 nitrogen and oxygen atoms in total. The minimum absolute atomic E-state index is 0.327. The number of para-hydroxylation sites is 1. The van der Waals surface area contributed by atoms with Crippen LogP contribution < -0.4 is 4.74 Å². The molecule has 0 radical (unpaired) electrons. The zero-order chi connectivity index (χ0) is 14.8. The van der Waals surface area contributed by atoms with Crippen LogP contribution in [0.1, 0.15) is 5.56 Å². The van der Waals surface area contributed by atoms with Crippen LogP contribution in [0, 0.1) is 12.7 Å². The van der Waals surface area contributed by atoms with Crippen molar-refractivity contribution in [2.45, 2.75) is 6.92 Å². The normalized spacial score (nSPS) is 10.6. The summed E-state index contributed by atoms with van der Waals surface area (Å²) in [7, 11) is 0. The Hall–Kier alpha value is -2.26. The fourth-order valence-electron chi connectivity index (χ4n) is 2.09. The summed E-state index contributed by atoms with van der Waals surface area (Å²) in [5, 5.41) is 0.620. The Labute approximate surface area is 127 Å². The molecule has 1 heterocycles. The van der Waals surface area contributed by atoms with Gasteiger partial charge in [-0.1, -0.05) is 29.8 Å². The van der Waals surface area contributed by atoms with Crippen LogP contribution in [0.25, 0.3) is 5.69 Å². The fraction of sp³-hybridized carbons (Fsp3) is 0.0588. The number of rotatable bonds is 3. The van der Waals surface area contributed by atoms with Crippen molar-refractivity contribution < 1.29 is 9.13 Å². The number of aromatic nitrogens is 1. The van der Waals surface area contributed by atoms with Gasteiger partial charge in [-0.2, -0.15) is 0 Å². The standard InChI is InChI=1S/C17H13ClFNO/c1-12-8-9-13(19)11-16(12)21-17-7-4-10-20(17)15-6-3-2-5-14(15)18/h2-11H,1H3. The predicted molar refractivity (Wildman–Crippen MR) is 82.0 cm³/mol. The van der Waals surface area contributed by atoms with E-state index < -0.39 is 0 Å². The average Bonchev–Trinajstić information content (AvgIpc) is 2.91. The molecular weight excluding hydrogens is 289 g/mol. The molecule has 3 aromatic rings. The molecule has 2 aromatic carbocycles. The maximum Gasteiger partial charge on any atom is 0.204 e. The van der Waals surface area contributed by atoms with Crippen molar-refractivity contribution in [3.05, 3.63) is 77.2 Å². The van der Waals surface area contributed by atoms with Crippen LogP contribution in [0.15, 0.2) is 60.8 Å². The second-order valence-corrected chi connectivity index (χ2v) is 5.09. The lowest BCUT2D eigenvalue weighted by molar-refractivity contribution is 0.445. The number of benzene rings is 2. The molecule has 0 atom stereocenters. The van der Waals surface area contributed by atoms with Gasteiger partial charge in [0.25, 0.3) is 0 Å². The number of nitrogens with zero attached hydrogens (tertiary/aromatic N) is 1. The van der Waals surface area contributed by atoms with Crippen LogP contribution in [0.5, 0.6) is 11.6 Å². The highest BCUT2D eigenvalue weighted by Gasteiger charge is 2.10. The average molecular weight is 302 g/mol. The van der Waals surface area contributed by atoms with Crippen molar-refractivity contribution in [1.29, 1.82) is 0 Å². The summed E-state index contributed by atoms with van der Waals surface area (Å²) in [5.41, 5.74) is 1.68. The smallest absolute Gasteiger partial charge is 0.204 e. The van der Waals surface area contributed by atoms with Crippen molar-refractivity contribution in [2.24, 2.45) is 0 Å². The summed E-state index contributed by atoms with van der Waals surface area (Å²) >= 11 is 6.21. The molecule has 0 aliphatic heterocycles. The van der Waals surface area contributed by atoms with E-state index >= 15 is 0 Å². The molecule has 0 fully saturated rings. The molecule has 106 valence electrons. The molecule has 0 bridgehead atoms. The van der Waals surface area contributed by atoms with Gasteiger partial charge in [0.15, 0.2) is 0 Å².